The molecule has 0 radical (unpaired) electrons. The van der Waals surface area contributed by atoms with E-state index in [0.717, 1.165) is 16.9 Å². The van der Waals surface area contributed by atoms with Crippen LogP contribution in [0.25, 0.3) is 0 Å². The van der Waals surface area contributed by atoms with Crippen LogP contribution in [0.1, 0.15) is 21.5 Å². The van der Waals surface area contributed by atoms with Crippen LogP contribution in [0.5, 0.6) is 11.5 Å². The highest BCUT2D eigenvalue weighted by atomic mass is 16.7. The monoisotopic (exact) mass is 282 g/mol. The molecule has 1 amide bonds. The van der Waals surface area contributed by atoms with Crippen molar-refractivity contribution in [3.8, 4) is 11.5 Å². The van der Waals surface area contributed by atoms with E-state index < -0.39 is 0 Å². The van der Waals surface area contributed by atoms with Crippen LogP contribution < -0.4 is 14.9 Å². The van der Waals surface area contributed by atoms with E-state index in [0.29, 0.717) is 11.3 Å². The van der Waals surface area contributed by atoms with Crippen molar-refractivity contribution in [1.82, 2.24) is 5.43 Å². The van der Waals surface area contributed by atoms with Crippen LogP contribution in [-0.2, 0) is 0 Å². The van der Waals surface area contributed by atoms with E-state index in [4.69, 9.17) is 9.47 Å². The first kappa shape index (κ1) is 13.2. The highest BCUT2D eigenvalue weighted by molar-refractivity contribution is 5.96. The summed E-state index contributed by atoms with van der Waals surface area (Å²) in [5.41, 5.74) is 4.86. The van der Waals surface area contributed by atoms with Gasteiger partial charge in [0.2, 0.25) is 6.79 Å². The van der Waals surface area contributed by atoms with Crippen LogP contribution in [0.15, 0.2) is 47.6 Å². The zero-order chi connectivity index (χ0) is 14.7. The van der Waals surface area contributed by atoms with Crippen molar-refractivity contribution < 1.29 is 14.3 Å². The average Bonchev–Trinajstić information content (AvgIpc) is 2.95. The molecule has 1 N–H and O–H groups in total. The van der Waals surface area contributed by atoms with Gasteiger partial charge in [-0.3, -0.25) is 4.79 Å². The molecule has 3 rings (SSSR count). The molecule has 0 bridgehead atoms. The second-order valence-corrected chi connectivity index (χ2v) is 4.63. The van der Waals surface area contributed by atoms with Gasteiger partial charge < -0.3 is 9.47 Å². The van der Waals surface area contributed by atoms with Gasteiger partial charge in [0.05, 0.1) is 6.21 Å². The molecule has 2 aromatic carbocycles. The van der Waals surface area contributed by atoms with Crippen molar-refractivity contribution in [2.24, 2.45) is 5.10 Å². The summed E-state index contributed by atoms with van der Waals surface area (Å²) in [6.45, 7) is 2.12. The van der Waals surface area contributed by atoms with Crippen LogP contribution in [0.2, 0.25) is 0 Å². The Morgan fingerprint density at radius 3 is 2.86 bits per heavy atom. The summed E-state index contributed by atoms with van der Waals surface area (Å²) in [7, 11) is 0. The van der Waals surface area contributed by atoms with Crippen LogP contribution in [0, 0.1) is 6.92 Å². The first-order valence-electron chi connectivity index (χ1n) is 6.53. The Balaban J connectivity index is 1.67. The van der Waals surface area contributed by atoms with E-state index in [2.05, 4.69) is 10.5 Å². The van der Waals surface area contributed by atoms with Gasteiger partial charge in [-0.2, -0.15) is 5.10 Å². The zero-order valence-corrected chi connectivity index (χ0v) is 11.5. The molecule has 0 aliphatic carbocycles. The molecule has 5 nitrogen and oxygen atoms in total. The van der Waals surface area contributed by atoms with Crippen molar-refractivity contribution in [1.29, 1.82) is 0 Å². The lowest BCUT2D eigenvalue weighted by atomic mass is 10.1. The van der Waals surface area contributed by atoms with Gasteiger partial charge in [-0.15, -0.1) is 0 Å². The summed E-state index contributed by atoms with van der Waals surface area (Å²) < 4.78 is 10.5. The van der Waals surface area contributed by atoms with Gasteiger partial charge in [0.15, 0.2) is 11.5 Å². The predicted molar refractivity (Wildman–Crippen MR) is 78.8 cm³/mol. The van der Waals surface area contributed by atoms with Crippen molar-refractivity contribution in [3.05, 3.63) is 59.2 Å². The van der Waals surface area contributed by atoms with Crippen LogP contribution in [0.3, 0.4) is 0 Å². The Kier molecular flexibility index (Phi) is 3.55. The number of rotatable bonds is 3. The number of hydrogen-bond acceptors (Lipinski definition) is 4. The topological polar surface area (TPSA) is 59.9 Å². The summed E-state index contributed by atoms with van der Waals surface area (Å²) in [6, 6.07) is 12.8. The van der Waals surface area contributed by atoms with Crippen molar-refractivity contribution in [3.63, 3.8) is 0 Å². The number of hydrazone groups is 1. The average molecular weight is 282 g/mol. The number of nitrogens with zero attached hydrogens (tertiary/aromatic N) is 1. The summed E-state index contributed by atoms with van der Waals surface area (Å²) in [5, 5.41) is 3.96. The normalized spacial score (nSPS) is 12.6. The maximum Gasteiger partial charge on any atom is 0.271 e. The number of amides is 1. The van der Waals surface area contributed by atoms with Crippen LogP contribution in [0.4, 0.5) is 0 Å². The van der Waals surface area contributed by atoms with Gasteiger partial charge in [-0.05, 0) is 42.3 Å². The van der Waals surface area contributed by atoms with E-state index >= 15 is 0 Å². The molecule has 1 heterocycles. The number of fused-ring (bicyclic) bond motifs is 1. The minimum absolute atomic E-state index is 0.231. The molecule has 0 spiro atoms. The Labute approximate surface area is 122 Å². The maximum atomic E-state index is 12.0. The van der Waals surface area contributed by atoms with Crippen LogP contribution >= 0.6 is 0 Å². The molecule has 106 valence electrons. The quantitative estimate of drug-likeness (QED) is 0.695. The maximum absolute atomic E-state index is 12.0. The summed E-state index contributed by atoms with van der Waals surface area (Å²) in [4.78, 5) is 12.0. The lowest BCUT2D eigenvalue weighted by molar-refractivity contribution is 0.0954. The standard InChI is InChI=1S/C16H14N2O3/c1-11-4-2-3-5-13(11)16(19)18-17-9-12-6-7-14-15(8-12)21-10-20-14/h2-9H,10H2,1H3,(H,18,19). The Bertz CT molecular complexity index is 710. The van der Waals surface area contributed by atoms with Gasteiger partial charge in [-0.25, -0.2) is 5.43 Å². The number of aryl methyl sites for hydroxylation is 1. The van der Waals surface area contributed by atoms with E-state index in [-0.39, 0.29) is 12.7 Å². The van der Waals surface area contributed by atoms with Gasteiger partial charge in [0.1, 0.15) is 0 Å². The first-order chi connectivity index (χ1) is 10.2. The van der Waals surface area contributed by atoms with E-state index in [1.807, 2.05) is 43.3 Å². The molecule has 0 atom stereocenters. The molecule has 0 unspecified atom stereocenters. The van der Waals surface area contributed by atoms with E-state index in [1.54, 1.807) is 12.3 Å². The number of carbonyl (C=O) groups is 1. The van der Waals surface area contributed by atoms with Gasteiger partial charge in [-0.1, -0.05) is 18.2 Å². The van der Waals surface area contributed by atoms with E-state index in [9.17, 15) is 4.79 Å². The molecule has 2 aromatic rings. The minimum Gasteiger partial charge on any atom is -0.454 e. The molecule has 0 saturated heterocycles. The first-order valence-corrected chi connectivity index (χ1v) is 6.53. The SMILES string of the molecule is Cc1ccccc1C(=O)NN=Cc1ccc2c(c1)OCO2. The van der Waals surface area contributed by atoms with Gasteiger partial charge >= 0.3 is 0 Å². The smallest absolute Gasteiger partial charge is 0.271 e. The van der Waals surface area contributed by atoms with Crippen molar-refractivity contribution in [2.45, 2.75) is 6.92 Å². The largest absolute Gasteiger partial charge is 0.454 e. The number of ether oxygens (including phenoxy) is 2. The summed E-state index contributed by atoms with van der Waals surface area (Å²) >= 11 is 0. The van der Waals surface area contributed by atoms with Gasteiger partial charge in [0.25, 0.3) is 5.91 Å². The molecule has 1 aliphatic rings. The van der Waals surface area contributed by atoms with E-state index in [1.165, 1.54) is 0 Å². The lowest BCUT2D eigenvalue weighted by Gasteiger charge is -2.03. The third-order valence-corrected chi connectivity index (χ3v) is 3.17. The van der Waals surface area contributed by atoms with Gasteiger partial charge in [0, 0.05) is 5.56 Å². The van der Waals surface area contributed by atoms with Crippen LogP contribution in [-0.4, -0.2) is 18.9 Å². The Hall–Kier alpha value is -2.82. The fourth-order valence-electron chi connectivity index (χ4n) is 2.05. The Morgan fingerprint density at radius 2 is 2.00 bits per heavy atom. The van der Waals surface area contributed by atoms with Crippen molar-refractivity contribution in [2.75, 3.05) is 6.79 Å². The Morgan fingerprint density at radius 1 is 1.19 bits per heavy atom. The molecule has 5 heteroatoms. The molecular formula is C16H14N2O3. The molecular weight excluding hydrogens is 268 g/mol. The number of nitrogens with one attached hydrogen (secondary N) is 1. The predicted octanol–water partition coefficient (Wildman–Crippen LogP) is 2.49. The molecule has 0 aromatic heterocycles. The number of benzene rings is 2. The minimum atomic E-state index is -0.231. The highest BCUT2D eigenvalue weighted by Crippen LogP contribution is 2.31. The third-order valence-electron chi connectivity index (χ3n) is 3.17. The molecule has 0 fully saturated rings. The summed E-state index contributed by atoms with van der Waals surface area (Å²) in [5.74, 6) is 1.17. The van der Waals surface area contributed by atoms with Crippen molar-refractivity contribution >= 4 is 12.1 Å². The molecule has 21 heavy (non-hydrogen) atoms. The second-order valence-electron chi connectivity index (χ2n) is 4.63. The fraction of sp³-hybridized carbons (Fsp3) is 0.125. The fourth-order valence-corrected chi connectivity index (χ4v) is 2.05. The lowest BCUT2D eigenvalue weighted by Crippen LogP contribution is -2.18. The molecule has 1 aliphatic heterocycles. The zero-order valence-electron chi connectivity index (χ0n) is 11.5. The number of hydrogen-bond donors (Lipinski definition) is 1. The highest BCUT2D eigenvalue weighted by Gasteiger charge is 2.12. The second kappa shape index (κ2) is 5.66. The third kappa shape index (κ3) is 2.86. The molecule has 0 saturated carbocycles. The number of carbonyl (C=O) groups excluding carboxylic acids is 1. The summed E-state index contributed by atoms with van der Waals surface area (Å²) in [6.07, 6.45) is 1.57.